The van der Waals surface area contributed by atoms with Gasteiger partial charge in [-0.1, -0.05) is 24.6 Å². The Bertz CT molecular complexity index is 423. The monoisotopic (exact) mass is 300 g/mol. The van der Waals surface area contributed by atoms with Gasteiger partial charge < -0.3 is 9.80 Å². The highest BCUT2D eigenvalue weighted by molar-refractivity contribution is 6.33. The molecule has 0 amide bonds. The van der Waals surface area contributed by atoms with Crippen molar-refractivity contribution in [1.29, 1.82) is 0 Å². The average molecular weight is 301 g/mol. The molecule has 1 saturated heterocycles. The predicted molar refractivity (Wildman–Crippen MR) is 84.5 cm³/mol. The van der Waals surface area contributed by atoms with Crippen LogP contribution in [0.25, 0.3) is 0 Å². The lowest BCUT2D eigenvalue weighted by atomic mass is 10.1. The first-order chi connectivity index (χ1) is 9.15. The second kappa shape index (κ2) is 6.83. The number of likely N-dealkylation sites (N-methyl/N-ethyl adjacent to an activating group) is 1. The van der Waals surface area contributed by atoms with Crippen molar-refractivity contribution in [2.45, 2.75) is 31.7 Å². The minimum Gasteiger partial charge on any atom is -0.366 e. The average Bonchev–Trinajstić information content (AvgIpc) is 2.60. The van der Waals surface area contributed by atoms with Gasteiger partial charge in [0.05, 0.1) is 10.7 Å². The summed E-state index contributed by atoms with van der Waals surface area (Å²) in [6.07, 6.45) is 2.32. The lowest BCUT2D eigenvalue weighted by molar-refractivity contribution is 0.328. The molecule has 1 fully saturated rings. The molecule has 1 aliphatic rings. The van der Waals surface area contributed by atoms with Gasteiger partial charge in [-0.15, -0.1) is 11.6 Å². The van der Waals surface area contributed by atoms with Gasteiger partial charge in [0.1, 0.15) is 0 Å². The molecular formula is C15H22Cl2N2. The van der Waals surface area contributed by atoms with Crippen molar-refractivity contribution >= 4 is 28.9 Å². The third-order valence-corrected chi connectivity index (χ3v) is 4.46. The fraction of sp³-hybridized carbons (Fsp3) is 0.600. The highest BCUT2D eigenvalue weighted by Crippen LogP contribution is 2.30. The molecule has 2 rings (SSSR count). The largest absolute Gasteiger partial charge is 0.366 e. The summed E-state index contributed by atoms with van der Waals surface area (Å²) >= 11 is 12.3. The molecule has 2 nitrogen and oxygen atoms in total. The Morgan fingerprint density at radius 2 is 2.11 bits per heavy atom. The SMILES string of the molecule is CCC1CN(C)CCCN1c1ccc(CCl)cc1Cl. The van der Waals surface area contributed by atoms with E-state index in [-0.39, 0.29) is 0 Å². The molecule has 1 unspecified atom stereocenters. The summed E-state index contributed by atoms with van der Waals surface area (Å²) in [5.74, 6) is 0.514. The molecule has 4 heteroatoms. The predicted octanol–water partition coefficient (Wildman–Crippen LogP) is 4.00. The van der Waals surface area contributed by atoms with Crippen molar-refractivity contribution in [2.24, 2.45) is 0 Å². The van der Waals surface area contributed by atoms with E-state index in [9.17, 15) is 0 Å². The van der Waals surface area contributed by atoms with Gasteiger partial charge in [0.25, 0.3) is 0 Å². The molecule has 0 spiro atoms. The fourth-order valence-corrected chi connectivity index (χ4v) is 3.25. The van der Waals surface area contributed by atoms with Gasteiger partial charge in [-0.3, -0.25) is 0 Å². The van der Waals surface area contributed by atoms with E-state index >= 15 is 0 Å². The maximum absolute atomic E-state index is 6.44. The number of alkyl halides is 1. The van der Waals surface area contributed by atoms with Crippen LogP contribution in [0.15, 0.2) is 18.2 Å². The van der Waals surface area contributed by atoms with Gasteiger partial charge in [-0.05, 0) is 44.1 Å². The van der Waals surface area contributed by atoms with Crippen LogP contribution in [-0.2, 0) is 5.88 Å². The van der Waals surface area contributed by atoms with Crippen LogP contribution in [0.2, 0.25) is 5.02 Å². The van der Waals surface area contributed by atoms with Crippen LogP contribution >= 0.6 is 23.2 Å². The first kappa shape index (κ1) is 15.0. The van der Waals surface area contributed by atoms with E-state index in [1.807, 2.05) is 6.07 Å². The van der Waals surface area contributed by atoms with Crippen molar-refractivity contribution < 1.29 is 0 Å². The van der Waals surface area contributed by atoms with Gasteiger partial charge in [0.2, 0.25) is 0 Å². The van der Waals surface area contributed by atoms with Gasteiger partial charge in [0, 0.05) is 25.0 Å². The van der Waals surface area contributed by atoms with Gasteiger partial charge in [0.15, 0.2) is 0 Å². The molecule has 1 aliphatic heterocycles. The van der Waals surface area contributed by atoms with Crippen LogP contribution in [0.4, 0.5) is 5.69 Å². The molecule has 0 N–H and O–H groups in total. The Morgan fingerprint density at radius 1 is 1.32 bits per heavy atom. The van der Waals surface area contributed by atoms with Crippen molar-refractivity contribution in [1.82, 2.24) is 4.90 Å². The summed E-state index contributed by atoms with van der Waals surface area (Å²) in [6, 6.07) is 6.72. The summed E-state index contributed by atoms with van der Waals surface area (Å²) in [6.45, 7) is 5.58. The Hall–Kier alpha value is -0.440. The zero-order valence-electron chi connectivity index (χ0n) is 11.7. The molecular weight excluding hydrogens is 279 g/mol. The Balaban J connectivity index is 2.27. The lowest BCUT2D eigenvalue weighted by Gasteiger charge is -2.33. The lowest BCUT2D eigenvalue weighted by Crippen LogP contribution is -2.40. The summed E-state index contributed by atoms with van der Waals surface area (Å²) in [4.78, 5) is 4.87. The molecule has 0 aromatic heterocycles. The zero-order chi connectivity index (χ0) is 13.8. The van der Waals surface area contributed by atoms with Crippen LogP contribution in [0, 0.1) is 0 Å². The number of hydrogen-bond acceptors (Lipinski definition) is 2. The molecule has 106 valence electrons. The van der Waals surface area contributed by atoms with Crippen LogP contribution in [-0.4, -0.2) is 37.6 Å². The Kier molecular flexibility index (Phi) is 5.37. The van der Waals surface area contributed by atoms with Crippen LogP contribution < -0.4 is 4.90 Å². The van der Waals surface area contributed by atoms with E-state index in [0.717, 1.165) is 42.3 Å². The van der Waals surface area contributed by atoms with Crippen LogP contribution in [0.1, 0.15) is 25.3 Å². The zero-order valence-corrected chi connectivity index (χ0v) is 13.2. The summed E-state index contributed by atoms with van der Waals surface area (Å²) < 4.78 is 0. The standard InChI is InChI=1S/C15H22Cl2N2/c1-3-13-11-18(2)7-4-8-19(13)15-6-5-12(10-16)9-14(15)17/h5-6,9,13H,3-4,7-8,10-11H2,1-2H3. The van der Waals surface area contributed by atoms with E-state index in [1.54, 1.807) is 0 Å². The van der Waals surface area contributed by atoms with Crippen LogP contribution in [0.3, 0.4) is 0 Å². The first-order valence-electron chi connectivity index (χ1n) is 6.95. The molecule has 1 atom stereocenters. The maximum Gasteiger partial charge on any atom is 0.0642 e. The highest BCUT2D eigenvalue weighted by Gasteiger charge is 2.23. The van der Waals surface area contributed by atoms with Gasteiger partial charge in [-0.2, -0.15) is 0 Å². The summed E-state index contributed by atoms with van der Waals surface area (Å²) in [7, 11) is 2.20. The molecule has 0 aliphatic carbocycles. The van der Waals surface area contributed by atoms with E-state index in [1.165, 1.54) is 6.42 Å². The topological polar surface area (TPSA) is 6.48 Å². The Labute approximate surface area is 126 Å². The number of benzene rings is 1. The van der Waals surface area contributed by atoms with Crippen molar-refractivity contribution in [2.75, 3.05) is 31.6 Å². The van der Waals surface area contributed by atoms with E-state index < -0.39 is 0 Å². The Morgan fingerprint density at radius 3 is 2.74 bits per heavy atom. The molecule has 0 radical (unpaired) electrons. The number of hydrogen-bond donors (Lipinski definition) is 0. The maximum atomic E-state index is 6.44. The van der Waals surface area contributed by atoms with Crippen LogP contribution in [0.5, 0.6) is 0 Å². The molecule has 19 heavy (non-hydrogen) atoms. The summed E-state index contributed by atoms with van der Waals surface area (Å²) in [5, 5.41) is 0.821. The number of anilines is 1. The van der Waals surface area contributed by atoms with E-state index in [4.69, 9.17) is 23.2 Å². The third-order valence-electron chi connectivity index (χ3n) is 3.85. The molecule has 1 aromatic carbocycles. The summed E-state index contributed by atoms with van der Waals surface area (Å²) in [5.41, 5.74) is 2.23. The fourth-order valence-electron chi connectivity index (χ4n) is 2.78. The first-order valence-corrected chi connectivity index (χ1v) is 7.86. The number of nitrogens with zero attached hydrogens (tertiary/aromatic N) is 2. The molecule has 0 bridgehead atoms. The van der Waals surface area contributed by atoms with Gasteiger partial charge >= 0.3 is 0 Å². The normalized spacial score (nSPS) is 21.5. The quantitative estimate of drug-likeness (QED) is 0.779. The molecule has 1 heterocycles. The van der Waals surface area contributed by atoms with E-state index in [2.05, 4.69) is 35.9 Å². The third kappa shape index (κ3) is 3.56. The minimum absolute atomic E-state index is 0.514. The second-order valence-corrected chi connectivity index (χ2v) is 5.97. The minimum atomic E-state index is 0.514. The smallest absolute Gasteiger partial charge is 0.0642 e. The van der Waals surface area contributed by atoms with Crippen molar-refractivity contribution in [3.63, 3.8) is 0 Å². The van der Waals surface area contributed by atoms with E-state index in [0.29, 0.717) is 11.9 Å². The number of halogens is 2. The van der Waals surface area contributed by atoms with Gasteiger partial charge in [-0.25, -0.2) is 0 Å². The molecule has 0 saturated carbocycles. The number of rotatable bonds is 3. The van der Waals surface area contributed by atoms with Crippen molar-refractivity contribution in [3.05, 3.63) is 28.8 Å². The molecule has 1 aromatic rings. The second-order valence-electron chi connectivity index (χ2n) is 5.29. The highest BCUT2D eigenvalue weighted by atomic mass is 35.5. The van der Waals surface area contributed by atoms with Crippen molar-refractivity contribution in [3.8, 4) is 0 Å².